The van der Waals surface area contributed by atoms with Gasteiger partial charge < -0.3 is 72.8 Å². The van der Waals surface area contributed by atoms with E-state index < -0.39 is 72.0 Å². The third kappa shape index (κ3) is 26.9. The van der Waals surface area contributed by atoms with Crippen LogP contribution in [0.15, 0.2) is 127 Å². The predicted molar refractivity (Wildman–Crippen MR) is 371 cm³/mol. The molecule has 6 amide bonds. The molecular weight excluding hydrogens is 1270 g/mol. The van der Waals surface area contributed by atoms with Gasteiger partial charge in [0.15, 0.2) is 53.2 Å². The topological polar surface area (TPSA) is 285 Å². The average Bonchev–Trinajstić information content (AvgIpc) is 1.73. The zero-order valence-corrected chi connectivity index (χ0v) is 58.8. The third-order valence-corrected chi connectivity index (χ3v) is 14.7. The van der Waals surface area contributed by atoms with Gasteiger partial charge in [-0.3, -0.25) is 16.0 Å². The zero-order valence-electron chi connectivity index (χ0n) is 58.8. The van der Waals surface area contributed by atoms with Gasteiger partial charge in [-0.2, -0.15) is 0 Å². The number of benzene rings is 6. The fourth-order valence-corrected chi connectivity index (χ4v) is 10.4. The van der Waals surface area contributed by atoms with Crippen molar-refractivity contribution in [2.45, 2.75) is 156 Å². The second-order valence-electron chi connectivity index (χ2n) is 26.4. The molecule has 24 heteroatoms. The maximum atomic E-state index is 13.2. The van der Waals surface area contributed by atoms with Crippen molar-refractivity contribution in [3.63, 3.8) is 0 Å². The number of carbonyl (C=O) groups is 6. The summed E-state index contributed by atoms with van der Waals surface area (Å²) in [5, 5.41) is 16.3. The number of methoxy groups -OCH3 is 3. The molecule has 1 aliphatic rings. The van der Waals surface area contributed by atoms with Gasteiger partial charge in [0.2, 0.25) is 0 Å². The highest BCUT2D eigenvalue weighted by atomic mass is 16.6. The van der Waals surface area contributed by atoms with Crippen LogP contribution in [-0.4, -0.2) is 133 Å². The Morgan fingerprint density at radius 1 is 0.343 bits per heavy atom. The first-order chi connectivity index (χ1) is 47.2. The molecule has 0 unspecified atom stereocenters. The number of ether oxygens (including phenoxy) is 12. The summed E-state index contributed by atoms with van der Waals surface area (Å²) in [5.74, 6) is 2.87. The van der Waals surface area contributed by atoms with E-state index in [0.717, 1.165) is 50.1 Å². The molecule has 0 radical (unpaired) electrons. The van der Waals surface area contributed by atoms with E-state index in [1.807, 2.05) is 127 Å². The largest absolute Gasteiger partial charge is 0.493 e. The fourth-order valence-electron chi connectivity index (χ4n) is 10.4. The van der Waals surface area contributed by atoms with E-state index in [9.17, 15) is 28.8 Å². The van der Waals surface area contributed by atoms with Crippen LogP contribution in [0.3, 0.4) is 0 Å². The van der Waals surface area contributed by atoms with Crippen LogP contribution in [0.2, 0.25) is 0 Å². The van der Waals surface area contributed by atoms with Gasteiger partial charge in [0.25, 0.3) is 0 Å². The number of nitrogens with one attached hydrogen (secondary N) is 6. The lowest BCUT2D eigenvalue weighted by atomic mass is 9.94. The summed E-state index contributed by atoms with van der Waals surface area (Å²) < 4.78 is 70.6. The van der Waals surface area contributed by atoms with Gasteiger partial charge in [-0.25, -0.2) is 28.8 Å². The van der Waals surface area contributed by atoms with Crippen LogP contribution in [0.25, 0.3) is 0 Å². The Bertz CT molecular complexity index is 3240. The van der Waals surface area contributed by atoms with Crippen LogP contribution in [0, 0.1) is 0 Å². The van der Waals surface area contributed by atoms with Crippen LogP contribution in [-0.2, 0) is 66.9 Å². The number of fused-ring (bicyclic) bond motifs is 3. The summed E-state index contributed by atoms with van der Waals surface area (Å²) in [5.41, 5.74) is 5.80. The van der Waals surface area contributed by atoms with E-state index in [1.165, 1.54) is 0 Å². The molecule has 7 rings (SSSR count). The summed E-state index contributed by atoms with van der Waals surface area (Å²) in [7, 11) is 4.71. The number of amides is 6. The van der Waals surface area contributed by atoms with E-state index in [0.29, 0.717) is 73.0 Å². The smallest absolute Gasteiger partial charge is 0.410 e. The van der Waals surface area contributed by atoms with E-state index in [2.05, 4.69) is 31.9 Å². The minimum absolute atomic E-state index is 0.181. The summed E-state index contributed by atoms with van der Waals surface area (Å²) in [6.45, 7) is 16.8. The number of rotatable bonds is 30. The van der Waals surface area contributed by atoms with Crippen molar-refractivity contribution in [1.29, 1.82) is 0 Å². The summed E-state index contributed by atoms with van der Waals surface area (Å²) in [6, 6.07) is 39.7. The van der Waals surface area contributed by atoms with E-state index in [4.69, 9.17) is 56.8 Å². The molecule has 0 fully saturated rings. The molecule has 0 spiro atoms. The van der Waals surface area contributed by atoms with Crippen molar-refractivity contribution in [3.8, 4) is 34.5 Å². The second kappa shape index (κ2) is 36.9. The first kappa shape index (κ1) is 76.1. The van der Waals surface area contributed by atoms with Crippen LogP contribution in [0.1, 0.15) is 132 Å². The van der Waals surface area contributed by atoms with E-state index in [-0.39, 0.29) is 58.7 Å². The summed E-state index contributed by atoms with van der Waals surface area (Å²) in [4.78, 5) is 77.8. The lowest BCUT2D eigenvalue weighted by Crippen LogP contribution is -2.44. The molecule has 0 aromatic heterocycles. The van der Waals surface area contributed by atoms with Gasteiger partial charge in [0, 0.05) is 38.9 Å². The van der Waals surface area contributed by atoms with Crippen LogP contribution in [0.5, 0.6) is 34.5 Å². The van der Waals surface area contributed by atoms with Crippen molar-refractivity contribution >= 4 is 36.6 Å². The number of alkyl carbamates (subject to hydrolysis) is 6. The zero-order chi connectivity index (χ0) is 71.5. The van der Waals surface area contributed by atoms with Crippen LogP contribution >= 0.6 is 0 Å². The molecule has 6 aromatic rings. The van der Waals surface area contributed by atoms with Crippen molar-refractivity contribution in [2.75, 3.05) is 60.8 Å². The van der Waals surface area contributed by atoms with Crippen molar-refractivity contribution in [1.82, 2.24) is 31.9 Å². The van der Waals surface area contributed by atoms with Crippen LogP contribution < -0.4 is 60.3 Å². The van der Waals surface area contributed by atoms with Crippen LogP contribution in [0.4, 0.5) is 28.8 Å². The van der Waals surface area contributed by atoms with Gasteiger partial charge in [-0.05, 0) is 187 Å². The Morgan fingerprint density at radius 3 is 0.798 bits per heavy atom. The first-order valence-corrected chi connectivity index (χ1v) is 33.1. The maximum absolute atomic E-state index is 13.2. The molecule has 0 heterocycles. The van der Waals surface area contributed by atoms with Gasteiger partial charge in [-0.1, -0.05) is 91.0 Å². The second-order valence-corrected chi connectivity index (χ2v) is 26.4. The van der Waals surface area contributed by atoms with Gasteiger partial charge in [0.1, 0.15) is 16.8 Å². The fraction of sp³-hybridized carbons (Fsp3) is 0.440. The molecule has 0 saturated heterocycles. The average molecular weight is 1370 g/mol. The lowest BCUT2D eigenvalue weighted by molar-refractivity contribution is 0.0276. The Labute approximate surface area is 580 Å². The maximum Gasteiger partial charge on any atom is 0.410 e. The minimum atomic E-state index is -1.01. The van der Waals surface area contributed by atoms with Crippen molar-refractivity contribution < 1.29 is 85.6 Å². The number of hydrogen-bond donors (Lipinski definition) is 6. The normalized spacial score (nSPS) is 12.7. The highest BCUT2D eigenvalue weighted by Crippen LogP contribution is 2.41. The number of carbonyl (C=O) groups excluding carboxylic acids is 6. The Hall–Kier alpha value is -10.3. The van der Waals surface area contributed by atoms with E-state index in [1.54, 1.807) is 83.6 Å². The molecule has 1 aliphatic carbocycles. The quantitative estimate of drug-likeness (QED) is 0.0139. The van der Waals surface area contributed by atoms with E-state index >= 15 is 0 Å². The Balaban J connectivity index is 1.07. The molecule has 6 aromatic carbocycles. The van der Waals surface area contributed by atoms with Crippen molar-refractivity contribution in [3.05, 3.63) is 177 Å². The highest BCUT2D eigenvalue weighted by Gasteiger charge is 2.28. The lowest BCUT2D eigenvalue weighted by Gasteiger charge is -2.24. The highest BCUT2D eigenvalue weighted by molar-refractivity contribution is 5.72. The molecule has 99 heavy (non-hydrogen) atoms. The molecule has 0 bridgehead atoms. The molecule has 0 saturated carbocycles. The van der Waals surface area contributed by atoms with Gasteiger partial charge >= 0.3 is 36.6 Å². The molecule has 6 N–H and O–H groups in total. The molecule has 534 valence electrons. The minimum Gasteiger partial charge on any atom is -0.493 e. The third-order valence-electron chi connectivity index (χ3n) is 14.7. The Morgan fingerprint density at radius 2 is 0.576 bits per heavy atom. The molecular formula is C75H96N6O18. The monoisotopic (exact) mass is 1370 g/mol. The standard InChI is InChI=1S/C75H96N6O18/c1-73(2,3)97-70(85)79-64(37-49-25-16-13-17-26-49)94-67(82)76-31-22-34-91-61-46-55-40-53-44-59(89-11)63(93-36-24-33-78-69(84)96-66(39-51-29-20-15-21-30-51)81-72(87)99-75(7,8)9)48-57(53)42-54-45-60(90-12)62(47-56(54)41-52(55)43-58(61)88-10)92-35-23-32-77-68(83)95-65(38-50-27-18-14-19-28-50)80-71(86)98-74(4,5)6/h13-21,25-30,43-48,64-66H,22-24,31-42H2,1-12H3,(H,76,82)(H,77,83)(H,78,84)(H,79,85)(H,80,86)(H,81,87)/t64-,65-,66-/m0/s1. The SMILES string of the molecule is COc1cc2c(cc1OCCCNC(=O)O[C@@H](Cc1ccccc1)NC(=O)OC(C)(C)C)Cc1cc(OC)c(OCCCNC(=O)O[C@@H](Cc3ccccc3)NC(=O)OC(C)(C)C)cc1Cc1cc(OC)c(OCCCNC(=O)O[C@@H](Cc3ccccc3)NC(=O)OC(C)(C)C)cc1C2. The Kier molecular flexibility index (Phi) is 28.4. The van der Waals surface area contributed by atoms with Crippen molar-refractivity contribution in [2.24, 2.45) is 0 Å². The van der Waals surface area contributed by atoms with Gasteiger partial charge in [-0.15, -0.1) is 0 Å². The first-order valence-electron chi connectivity index (χ1n) is 33.1. The van der Waals surface area contributed by atoms with Gasteiger partial charge in [0.05, 0.1) is 41.2 Å². The summed E-state index contributed by atoms with van der Waals surface area (Å²) in [6.07, 6.45) is -4.34. The predicted octanol–water partition coefficient (Wildman–Crippen LogP) is 12.6. The molecule has 3 atom stereocenters. The number of hydrogen-bond acceptors (Lipinski definition) is 18. The molecule has 0 aliphatic heterocycles. The molecule has 24 nitrogen and oxygen atoms in total. The summed E-state index contributed by atoms with van der Waals surface area (Å²) >= 11 is 0.